The van der Waals surface area contributed by atoms with E-state index >= 15 is 0 Å². The number of rotatable bonds is 4. The molecule has 2 N–H and O–H groups in total. The number of nitrogens with zero attached hydrogens (tertiary/aromatic N) is 1. The second-order valence-corrected chi connectivity index (χ2v) is 5.55. The summed E-state index contributed by atoms with van der Waals surface area (Å²) >= 11 is 1.50. The molecular weight excluding hydrogens is 285 g/mol. The van der Waals surface area contributed by atoms with Crippen LogP contribution in [0.15, 0.2) is 29.6 Å². The fourth-order valence-electron chi connectivity index (χ4n) is 1.99. The van der Waals surface area contributed by atoms with Crippen LogP contribution in [0.25, 0.3) is 0 Å². The number of thiazole rings is 1. The smallest absolute Gasteiger partial charge is 0.330 e. The third kappa shape index (κ3) is 3.58. The Morgan fingerprint density at radius 2 is 2.10 bits per heavy atom. The zero-order valence-corrected chi connectivity index (χ0v) is 11.8. The number of hydrogen-bond donors (Lipinski definition) is 1. The first-order valence-electron chi connectivity index (χ1n) is 6.18. The lowest BCUT2D eigenvalue weighted by Crippen LogP contribution is -2.15. The van der Waals surface area contributed by atoms with Gasteiger partial charge < -0.3 is 5.73 Å². The zero-order chi connectivity index (χ0) is 14.8. The van der Waals surface area contributed by atoms with E-state index in [1.165, 1.54) is 23.5 Å². The number of alkyl halides is 3. The van der Waals surface area contributed by atoms with Gasteiger partial charge >= 0.3 is 6.18 Å². The first kappa shape index (κ1) is 15.0. The molecule has 1 aromatic heterocycles. The zero-order valence-electron chi connectivity index (χ0n) is 10.9. The molecule has 0 aliphatic heterocycles. The van der Waals surface area contributed by atoms with Crippen molar-refractivity contribution in [3.05, 3.63) is 51.5 Å². The molecule has 1 atom stereocenters. The molecule has 0 spiro atoms. The molecule has 1 aromatic carbocycles. The number of halogens is 3. The molecule has 6 heteroatoms. The minimum Gasteiger partial charge on any atom is -0.330 e. The van der Waals surface area contributed by atoms with E-state index in [-0.39, 0.29) is 5.92 Å². The molecule has 108 valence electrons. The molecule has 20 heavy (non-hydrogen) atoms. The van der Waals surface area contributed by atoms with Gasteiger partial charge in [0.25, 0.3) is 0 Å². The summed E-state index contributed by atoms with van der Waals surface area (Å²) in [6.45, 7) is 2.25. The lowest BCUT2D eigenvalue weighted by Gasteiger charge is -2.13. The fourth-order valence-corrected chi connectivity index (χ4v) is 2.90. The van der Waals surface area contributed by atoms with Gasteiger partial charge in [-0.25, -0.2) is 4.98 Å². The average molecular weight is 300 g/mol. The van der Waals surface area contributed by atoms with Crippen LogP contribution in [0.1, 0.15) is 27.7 Å². The van der Waals surface area contributed by atoms with E-state index in [0.29, 0.717) is 18.5 Å². The van der Waals surface area contributed by atoms with E-state index in [0.717, 1.165) is 16.8 Å². The maximum Gasteiger partial charge on any atom is 0.416 e. The van der Waals surface area contributed by atoms with Crippen LogP contribution in [0, 0.1) is 6.92 Å². The van der Waals surface area contributed by atoms with Crippen molar-refractivity contribution in [3.8, 4) is 0 Å². The summed E-state index contributed by atoms with van der Waals surface area (Å²) in [4.78, 5) is 4.37. The minimum absolute atomic E-state index is 0.0443. The maximum absolute atomic E-state index is 12.7. The van der Waals surface area contributed by atoms with Gasteiger partial charge in [0.1, 0.15) is 0 Å². The molecule has 0 radical (unpaired) electrons. The number of nitrogens with two attached hydrogens (primary N) is 1. The summed E-state index contributed by atoms with van der Waals surface area (Å²) in [7, 11) is 0. The lowest BCUT2D eigenvalue weighted by atomic mass is 9.98. The molecule has 1 heterocycles. The number of aryl methyl sites for hydroxylation is 1. The molecule has 0 amide bonds. The molecule has 0 fully saturated rings. The number of hydrogen-bond acceptors (Lipinski definition) is 3. The van der Waals surface area contributed by atoms with E-state index in [2.05, 4.69) is 4.98 Å². The second-order valence-electron chi connectivity index (χ2n) is 4.66. The quantitative estimate of drug-likeness (QED) is 0.934. The van der Waals surface area contributed by atoms with Gasteiger partial charge in [0.15, 0.2) is 0 Å². The maximum atomic E-state index is 12.7. The van der Waals surface area contributed by atoms with Crippen LogP contribution in [0.2, 0.25) is 0 Å². The highest BCUT2D eigenvalue weighted by Gasteiger charge is 2.30. The molecule has 0 bridgehead atoms. The van der Waals surface area contributed by atoms with Crippen LogP contribution >= 0.6 is 11.3 Å². The fraction of sp³-hybridized carbons (Fsp3) is 0.357. The summed E-state index contributed by atoms with van der Waals surface area (Å²) in [6, 6.07) is 5.38. The Bertz CT molecular complexity index is 578. The molecular formula is C14H15F3N2S. The Morgan fingerprint density at radius 1 is 1.35 bits per heavy atom. The largest absolute Gasteiger partial charge is 0.416 e. The van der Waals surface area contributed by atoms with Gasteiger partial charge in [0.05, 0.1) is 10.6 Å². The summed E-state index contributed by atoms with van der Waals surface area (Å²) in [5.74, 6) is -0.0443. The second kappa shape index (κ2) is 5.93. The molecule has 2 aromatic rings. The SMILES string of the molecule is Cc1csc(C(CN)Cc2cccc(C(F)(F)F)c2)n1. The lowest BCUT2D eigenvalue weighted by molar-refractivity contribution is -0.137. The van der Waals surface area contributed by atoms with Gasteiger partial charge in [-0.3, -0.25) is 0 Å². The highest BCUT2D eigenvalue weighted by Crippen LogP contribution is 2.31. The van der Waals surface area contributed by atoms with Crippen LogP contribution in [-0.2, 0) is 12.6 Å². The van der Waals surface area contributed by atoms with Crippen molar-refractivity contribution in [1.82, 2.24) is 4.98 Å². The Hall–Kier alpha value is -1.40. The summed E-state index contributed by atoms with van der Waals surface area (Å²) in [6.07, 6.45) is -3.85. The normalized spacial score (nSPS) is 13.4. The molecule has 2 nitrogen and oxygen atoms in total. The van der Waals surface area contributed by atoms with Gasteiger partial charge in [-0.05, 0) is 25.0 Å². The van der Waals surface area contributed by atoms with Crippen molar-refractivity contribution in [1.29, 1.82) is 0 Å². The predicted octanol–water partition coefficient (Wildman–Crippen LogP) is 3.76. The minimum atomic E-state index is -4.31. The Labute approximate surface area is 119 Å². The molecule has 0 aliphatic carbocycles. The average Bonchev–Trinajstić information content (AvgIpc) is 2.82. The van der Waals surface area contributed by atoms with E-state index in [9.17, 15) is 13.2 Å². The standard InChI is InChI=1S/C14H15F3N2S/c1-9-8-20-13(19-9)11(7-18)5-10-3-2-4-12(6-10)14(15,16)17/h2-4,6,8,11H,5,7,18H2,1H3. The van der Waals surface area contributed by atoms with E-state index in [1.807, 2.05) is 12.3 Å². The van der Waals surface area contributed by atoms with Crippen molar-refractivity contribution < 1.29 is 13.2 Å². The van der Waals surface area contributed by atoms with Gasteiger partial charge in [-0.15, -0.1) is 11.3 Å². The van der Waals surface area contributed by atoms with Crippen molar-refractivity contribution in [2.75, 3.05) is 6.54 Å². The van der Waals surface area contributed by atoms with Crippen LogP contribution < -0.4 is 5.73 Å². The number of aromatic nitrogens is 1. The first-order valence-corrected chi connectivity index (χ1v) is 7.06. The van der Waals surface area contributed by atoms with Gasteiger partial charge in [-0.1, -0.05) is 18.2 Å². The van der Waals surface area contributed by atoms with Crippen LogP contribution in [0.3, 0.4) is 0 Å². The third-order valence-corrected chi connectivity index (χ3v) is 4.13. The summed E-state index contributed by atoms with van der Waals surface area (Å²) in [5, 5.41) is 2.80. The molecule has 2 rings (SSSR count). The first-order chi connectivity index (χ1) is 9.40. The molecule has 0 aliphatic rings. The Morgan fingerprint density at radius 3 is 2.65 bits per heavy atom. The summed E-state index contributed by atoms with van der Waals surface area (Å²) in [5.41, 5.74) is 6.64. The van der Waals surface area contributed by atoms with E-state index in [4.69, 9.17) is 5.73 Å². The van der Waals surface area contributed by atoms with Crippen molar-refractivity contribution >= 4 is 11.3 Å². The van der Waals surface area contributed by atoms with Crippen molar-refractivity contribution in [2.24, 2.45) is 5.73 Å². The van der Waals surface area contributed by atoms with Gasteiger partial charge in [0, 0.05) is 23.5 Å². The topological polar surface area (TPSA) is 38.9 Å². The van der Waals surface area contributed by atoms with Crippen molar-refractivity contribution in [3.63, 3.8) is 0 Å². The molecule has 0 saturated heterocycles. The highest BCUT2D eigenvalue weighted by atomic mass is 32.1. The highest BCUT2D eigenvalue weighted by molar-refractivity contribution is 7.09. The molecule has 0 saturated carbocycles. The predicted molar refractivity (Wildman–Crippen MR) is 73.8 cm³/mol. The van der Waals surface area contributed by atoms with Crippen LogP contribution in [0.4, 0.5) is 13.2 Å². The third-order valence-electron chi connectivity index (χ3n) is 3.01. The Kier molecular flexibility index (Phi) is 4.45. The molecule has 1 unspecified atom stereocenters. The monoisotopic (exact) mass is 300 g/mol. The van der Waals surface area contributed by atoms with Crippen LogP contribution in [0.5, 0.6) is 0 Å². The van der Waals surface area contributed by atoms with Crippen molar-refractivity contribution in [2.45, 2.75) is 25.4 Å². The summed E-state index contributed by atoms with van der Waals surface area (Å²) < 4.78 is 38.0. The van der Waals surface area contributed by atoms with E-state index < -0.39 is 11.7 Å². The van der Waals surface area contributed by atoms with E-state index in [1.54, 1.807) is 6.07 Å². The van der Waals surface area contributed by atoms with Crippen LogP contribution in [-0.4, -0.2) is 11.5 Å². The van der Waals surface area contributed by atoms with Gasteiger partial charge in [-0.2, -0.15) is 13.2 Å². The van der Waals surface area contributed by atoms with Gasteiger partial charge in [0.2, 0.25) is 0 Å². The Balaban J connectivity index is 2.20. The number of benzene rings is 1.